The number of carboxylic acids is 4. The second-order valence-electron chi connectivity index (χ2n) is 3.29. The van der Waals surface area contributed by atoms with Crippen LogP contribution in [-0.4, -0.2) is 40.8 Å². The van der Waals surface area contributed by atoms with Crippen LogP contribution in [0.25, 0.3) is 0 Å². The van der Waals surface area contributed by atoms with Gasteiger partial charge in [0.15, 0.2) is 5.72 Å². The van der Waals surface area contributed by atoms with Crippen molar-refractivity contribution in [3.63, 3.8) is 0 Å². The van der Waals surface area contributed by atoms with E-state index in [9.17, 15) is 44.7 Å². The standard InChI is InChI=1S/C8H11NO9.4Na/c10-4(11)1-3(6(14)15)9-8(18,7(16)17)2-5(12)13;;;;/h3,9,18H,1-2H2,(H,10,11)(H,12,13)(H,14,15)(H,16,17);;;;/q;4*+1/p-4. The Bertz CT molecular complexity index is 394. The molecule has 0 aliphatic carbocycles. The van der Waals surface area contributed by atoms with Gasteiger partial charge >= 0.3 is 118 Å². The molecule has 0 aromatic heterocycles. The number of hydrogen-bond acceptors (Lipinski definition) is 10. The van der Waals surface area contributed by atoms with Crippen molar-refractivity contribution in [3.8, 4) is 0 Å². The summed E-state index contributed by atoms with van der Waals surface area (Å²) < 4.78 is 0. The van der Waals surface area contributed by atoms with Crippen LogP contribution in [0.15, 0.2) is 0 Å². The third kappa shape index (κ3) is 14.2. The van der Waals surface area contributed by atoms with Gasteiger partial charge in [-0.2, -0.15) is 0 Å². The van der Waals surface area contributed by atoms with Crippen molar-refractivity contribution in [1.29, 1.82) is 0 Å². The van der Waals surface area contributed by atoms with E-state index >= 15 is 0 Å². The molecule has 0 spiro atoms. The van der Waals surface area contributed by atoms with Gasteiger partial charge in [0.1, 0.15) is 0 Å². The van der Waals surface area contributed by atoms with Crippen LogP contribution in [0.2, 0.25) is 0 Å². The van der Waals surface area contributed by atoms with Gasteiger partial charge in [-0.15, -0.1) is 0 Å². The molecule has 0 bridgehead atoms. The summed E-state index contributed by atoms with van der Waals surface area (Å²) in [5.41, 5.74) is -3.31. The van der Waals surface area contributed by atoms with Crippen LogP contribution in [0.4, 0.5) is 0 Å². The number of aliphatic hydroxyl groups is 1. The summed E-state index contributed by atoms with van der Waals surface area (Å²) in [7, 11) is 0. The van der Waals surface area contributed by atoms with Gasteiger partial charge in [0, 0.05) is 24.8 Å². The number of carbonyl (C=O) groups is 4. The molecule has 0 heterocycles. The molecule has 0 rings (SSSR count). The predicted molar refractivity (Wildman–Crippen MR) is 41.1 cm³/mol. The van der Waals surface area contributed by atoms with Gasteiger partial charge in [0.25, 0.3) is 0 Å². The van der Waals surface area contributed by atoms with Crippen LogP contribution in [-0.2, 0) is 19.2 Å². The molecular formula is C8H7NNa4O9. The van der Waals surface area contributed by atoms with Gasteiger partial charge in [0.2, 0.25) is 0 Å². The van der Waals surface area contributed by atoms with E-state index in [-0.39, 0.29) is 118 Å². The minimum absolute atomic E-state index is 0. The fourth-order valence-electron chi connectivity index (χ4n) is 1.04. The molecule has 102 valence electrons. The van der Waals surface area contributed by atoms with E-state index < -0.39 is 48.5 Å². The number of rotatable bonds is 8. The summed E-state index contributed by atoms with van der Waals surface area (Å²) in [6, 6.07) is -2.18. The van der Waals surface area contributed by atoms with Crippen molar-refractivity contribution in [2.45, 2.75) is 24.6 Å². The molecule has 0 radical (unpaired) electrons. The minimum Gasteiger partial charge on any atom is -0.550 e. The maximum atomic E-state index is 10.5. The van der Waals surface area contributed by atoms with Crippen LogP contribution in [0, 0.1) is 0 Å². The molecule has 10 nitrogen and oxygen atoms in total. The van der Waals surface area contributed by atoms with Crippen LogP contribution in [0.3, 0.4) is 0 Å². The Morgan fingerprint density at radius 2 is 1.32 bits per heavy atom. The Hall–Kier alpha value is 1.80. The maximum Gasteiger partial charge on any atom is 1.00 e. The van der Waals surface area contributed by atoms with E-state index in [1.165, 1.54) is 5.32 Å². The molecule has 0 aliphatic rings. The molecule has 22 heavy (non-hydrogen) atoms. The maximum absolute atomic E-state index is 10.5. The Labute approximate surface area is 213 Å². The monoisotopic (exact) mass is 353 g/mol. The van der Waals surface area contributed by atoms with E-state index in [2.05, 4.69) is 0 Å². The Morgan fingerprint density at radius 3 is 1.55 bits per heavy atom. The Kier molecular flexibility index (Phi) is 25.9. The van der Waals surface area contributed by atoms with Crippen LogP contribution in [0.1, 0.15) is 12.8 Å². The topological polar surface area (TPSA) is 193 Å². The molecule has 2 atom stereocenters. The first-order valence-electron chi connectivity index (χ1n) is 4.40. The molecule has 0 fully saturated rings. The molecule has 0 aliphatic heterocycles. The normalized spacial score (nSPS) is 12.6. The molecule has 0 aromatic carbocycles. The third-order valence-corrected chi connectivity index (χ3v) is 1.81. The summed E-state index contributed by atoms with van der Waals surface area (Å²) >= 11 is 0. The molecular weight excluding hydrogens is 346 g/mol. The van der Waals surface area contributed by atoms with E-state index in [0.29, 0.717) is 0 Å². The zero-order valence-corrected chi connectivity index (χ0v) is 20.7. The molecule has 0 saturated heterocycles. The zero-order valence-electron chi connectivity index (χ0n) is 12.7. The van der Waals surface area contributed by atoms with Crippen LogP contribution < -0.4 is 144 Å². The summed E-state index contributed by atoms with van der Waals surface area (Å²) in [5.74, 6) is -8.35. The van der Waals surface area contributed by atoms with Crippen molar-refractivity contribution >= 4 is 23.9 Å². The second kappa shape index (κ2) is 16.3. The van der Waals surface area contributed by atoms with Crippen molar-refractivity contribution < 1.29 is 163 Å². The number of hydrogen-bond donors (Lipinski definition) is 2. The predicted octanol–water partition coefficient (Wildman–Crippen LogP) is -19.6. The molecule has 0 aromatic rings. The number of carboxylic acid groups (broad SMARTS) is 4. The number of carbonyl (C=O) groups excluding carboxylic acids is 4. The summed E-state index contributed by atoms with van der Waals surface area (Å²) in [4.78, 5) is 41.4. The summed E-state index contributed by atoms with van der Waals surface area (Å²) in [6.45, 7) is 0. The zero-order chi connectivity index (χ0) is 14.5. The van der Waals surface area contributed by atoms with Gasteiger partial charge in [-0.1, -0.05) is 0 Å². The molecule has 0 saturated carbocycles. The Morgan fingerprint density at radius 1 is 0.909 bits per heavy atom. The van der Waals surface area contributed by atoms with Gasteiger partial charge in [-0.3, -0.25) is 5.32 Å². The Balaban J connectivity index is -0.000000241. The first-order chi connectivity index (χ1) is 8.08. The van der Waals surface area contributed by atoms with Crippen molar-refractivity contribution in [2.24, 2.45) is 0 Å². The average Bonchev–Trinajstić information content (AvgIpc) is 2.13. The minimum atomic E-state index is -3.31. The first-order valence-corrected chi connectivity index (χ1v) is 4.40. The number of nitrogens with one attached hydrogen (secondary N) is 1. The van der Waals surface area contributed by atoms with Gasteiger partial charge < -0.3 is 44.7 Å². The fraction of sp³-hybridized carbons (Fsp3) is 0.500. The second-order valence-corrected chi connectivity index (χ2v) is 3.29. The SMILES string of the molecule is O=C([O-])CC(NC(O)(CC(=O)[O-])C(=O)[O-])C(=O)[O-].[Na+].[Na+].[Na+].[Na+]. The van der Waals surface area contributed by atoms with Gasteiger partial charge in [-0.05, 0) is 0 Å². The van der Waals surface area contributed by atoms with E-state index in [1.54, 1.807) is 0 Å². The fourth-order valence-corrected chi connectivity index (χ4v) is 1.04. The molecule has 2 unspecified atom stereocenters. The summed E-state index contributed by atoms with van der Waals surface area (Å²) in [5, 5.41) is 52.0. The quantitative estimate of drug-likeness (QED) is 0.312. The van der Waals surface area contributed by atoms with Gasteiger partial charge in [0.05, 0.1) is 18.0 Å². The van der Waals surface area contributed by atoms with E-state index in [1.807, 2.05) is 0 Å². The van der Waals surface area contributed by atoms with Crippen LogP contribution in [0.5, 0.6) is 0 Å². The van der Waals surface area contributed by atoms with Crippen molar-refractivity contribution in [1.82, 2.24) is 5.32 Å². The van der Waals surface area contributed by atoms with E-state index in [4.69, 9.17) is 0 Å². The third-order valence-electron chi connectivity index (χ3n) is 1.81. The smallest absolute Gasteiger partial charge is 0.550 e. The van der Waals surface area contributed by atoms with Crippen LogP contribution >= 0.6 is 0 Å². The molecule has 14 heteroatoms. The average molecular weight is 353 g/mol. The van der Waals surface area contributed by atoms with Gasteiger partial charge in [-0.25, -0.2) is 0 Å². The van der Waals surface area contributed by atoms with E-state index in [0.717, 1.165) is 0 Å². The first kappa shape index (κ1) is 35.0. The number of aliphatic carboxylic acids is 4. The summed E-state index contributed by atoms with van der Waals surface area (Å²) in [6.07, 6.45) is -2.79. The largest absolute Gasteiger partial charge is 1.00 e. The molecule has 0 amide bonds. The molecule has 2 N–H and O–H groups in total. The van der Waals surface area contributed by atoms with Crippen molar-refractivity contribution in [3.05, 3.63) is 0 Å². The van der Waals surface area contributed by atoms with Crippen molar-refractivity contribution in [2.75, 3.05) is 0 Å².